The summed E-state index contributed by atoms with van der Waals surface area (Å²) in [5, 5.41) is 0. The zero-order valence-electron chi connectivity index (χ0n) is 30.6. The fourth-order valence-electron chi connectivity index (χ4n) is 5.87. The number of nitrogens with zero attached hydrogens (tertiary/aromatic N) is 3. The normalized spacial score (nSPS) is 14.2. The fraction of sp³-hybridized carbons (Fsp3) is 0.537. The Bertz CT molecular complexity index is 1240. The third kappa shape index (κ3) is 11.1. The summed E-state index contributed by atoms with van der Waals surface area (Å²) >= 11 is 0. The van der Waals surface area contributed by atoms with Crippen LogP contribution in [-0.4, -0.2) is 50.6 Å². The van der Waals surface area contributed by atoms with E-state index in [2.05, 4.69) is 184 Å². The molecule has 0 heterocycles. The van der Waals surface area contributed by atoms with Crippen molar-refractivity contribution in [3.05, 3.63) is 89.5 Å². The third-order valence-corrected chi connectivity index (χ3v) is 7.38. The smallest absolute Gasteiger partial charge is 0.199 e. The fourth-order valence-corrected chi connectivity index (χ4v) is 5.87. The summed E-state index contributed by atoms with van der Waals surface area (Å²) in [7, 11) is 4.19. The van der Waals surface area contributed by atoms with Gasteiger partial charge in [0.25, 0.3) is 0 Å². The van der Waals surface area contributed by atoms with Crippen molar-refractivity contribution < 1.29 is 4.58 Å². The summed E-state index contributed by atoms with van der Waals surface area (Å²) in [6.45, 7) is 32.0. The lowest BCUT2D eigenvalue weighted by molar-refractivity contribution is -0.462. The Hall–Kier alpha value is -3.07. The van der Waals surface area contributed by atoms with E-state index in [1.54, 1.807) is 0 Å². The van der Waals surface area contributed by atoms with E-state index in [0.717, 1.165) is 26.2 Å². The van der Waals surface area contributed by atoms with Gasteiger partial charge < -0.3 is 9.80 Å². The van der Waals surface area contributed by atoms with Gasteiger partial charge in [-0.25, -0.2) is 4.58 Å². The minimum Gasteiger partial charge on any atom is -0.370 e. The highest BCUT2D eigenvalue weighted by Crippen LogP contribution is 2.34. The Labute approximate surface area is 271 Å². The molecule has 1 aliphatic carbocycles. The third-order valence-electron chi connectivity index (χ3n) is 7.38. The Morgan fingerprint density at radius 1 is 0.477 bits per heavy atom. The van der Waals surface area contributed by atoms with Gasteiger partial charge in [-0.1, -0.05) is 107 Å². The van der Waals surface area contributed by atoms with Gasteiger partial charge in [0.2, 0.25) is 0 Å². The number of hydrogen-bond donors (Lipinski definition) is 0. The van der Waals surface area contributed by atoms with Crippen LogP contribution in [0.25, 0.3) is 5.57 Å². The van der Waals surface area contributed by atoms with Crippen molar-refractivity contribution >= 4 is 22.7 Å². The molecule has 0 aromatic heterocycles. The summed E-state index contributed by atoms with van der Waals surface area (Å²) in [6.07, 6.45) is 8.98. The summed E-state index contributed by atoms with van der Waals surface area (Å²) < 4.78 is 2.16. The van der Waals surface area contributed by atoms with Crippen molar-refractivity contribution in [2.45, 2.75) is 83.1 Å². The van der Waals surface area contributed by atoms with E-state index in [-0.39, 0.29) is 21.7 Å². The molecule has 0 saturated carbocycles. The maximum Gasteiger partial charge on any atom is 0.199 e. The Kier molecular flexibility index (Phi) is 10.9. The molecule has 2 aromatic rings. The van der Waals surface area contributed by atoms with E-state index in [4.69, 9.17) is 0 Å². The predicted octanol–water partition coefficient (Wildman–Crippen LogP) is 10.1. The lowest BCUT2D eigenvalue weighted by atomic mass is 9.89. The molecule has 0 saturated heterocycles. The molecule has 3 rings (SSSR count). The van der Waals surface area contributed by atoms with E-state index in [1.807, 2.05) is 0 Å². The number of rotatable bonds is 8. The SMILES string of the molecule is C[N+](C)=C1C=CC(=C(c2ccc(N(CC(C)(C)C)CC(C)(C)C)cc2)c2ccc(N(CC(C)(C)C)CC(C)(C)C)cc2)C=C1. The molecule has 2 aromatic carbocycles. The summed E-state index contributed by atoms with van der Waals surface area (Å²) in [5.41, 5.74) is 9.62. The maximum atomic E-state index is 2.56. The van der Waals surface area contributed by atoms with Gasteiger partial charge in [-0.3, -0.25) is 0 Å². The zero-order chi connectivity index (χ0) is 33.1. The second kappa shape index (κ2) is 13.5. The first-order chi connectivity index (χ1) is 20.1. The van der Waals surface area contributed by atoms with Crippen molar-refractivity contribution in [1.82, 2.24) is 0 Å². The summed E-state index contributed by atoms with van der Waals surface area (Å²) in [6, 6.07) is 18.6. The number of allylic oxidation sites excluding steroid dienone is 5. The molecule has 0 aliphatic heterocycles. The number of hydrogen-bond acceptors (Lipinski definition) is 2. The summed E-state index contributed by atoms with van der Waals surface area (Å²) in [5.74, 6) is 0. The Morgan fingerprint density at radius 2 is 0.773 bits per heavy atom. The monoisotopic (exact) mass is 596 g/mol. The largest absolute Gasteiger partial charge is 0.370 e. The van der Waals surface area contributed by atoms with Crippen molar-refractivity contribution in [2.75, 3.05) is 50.1 Å². The first kappa shape index (κ1) is 35.4. The average Bonchev–Trinajstić information content (AvgIpc) is 2.86. The van der Waals surface area contributed by atoms with Crippen molar-refractivity contribution in [1.29, 1.82) is 0 Å². The van der Waals surface area contributed by atoms with E-state index in [1.165, 1.54) is 39.4 Å². The van der Waals surface area contributed by atoms with Crippen LogP contribution in [0, 0.1) is 21.7 Å². The molecule has 0 amide bonds. The van der Waals surface area contributed by atoms with Gasteiger partial charge in [0.15, 0.2) is 5.71 Å². The van der Waals surface area contributed by atoms with Gasteiger partial charge >= 0.3 is 0 Å². The van der Waals surface area contributed by atoms with Crippen LogP contribution >= 0.6 is 0 Å². The van der Waals surface area contributed by atoms with Crippen molar-refractivity contribution in [3.8, 4) is 0 Å². The Balaban J connectivity index is 2.09. The number of anilines is 2. The molecular weight excluding hydrogens is 534 g/mol. The molecule has 240 valence electrons. The van der Waals surface area contributed by atoms with Gasteiger partial charge in [-0.05, 0) is 80.4 Å². The second-order valence-electron chi connectivity index (χ2n) is 17.9. The van der Waals surface area contributed by atoms with E-state index in [9.17, 15) is 0 Å². The highest BCUT2D eigenvalue weighted by molar-refractivity contribution is 6.04. The van der Waals surface area contributed by atoms with Crippen LogP contribution < -0.4 is 9.80 Å². The minimum atomic E-state index is 0.213. The molecule has 0 fully saturated rings. The van der Waals surface area contributed by atoms with Gasteiger partial charge in [-0.2, -0.15) is 0 Å². The summed E-state index contributed by atoms with van der Waals surface area (Å²) in [4.78, 5) is 5.12. The molecule has 0 atom stereocenters. The van der Waals surface area contributed by atoms with Crippen LogP contribution in [-0.2, 0) is 0 Å². The van der Waals surface area contributed by atoms with Gasteiger partial charge in [0, 0.05) is 49.7 Å². The molecule has 0 N–H and O–H groups in total. The highest BCUT2D eigenvalue weighted by atomic mass is 15.1. The van der Waals surface area contributed by atoms with Crippen molar-refractivity contribution in [2.24, 2.45) is 21.7 Å². The van der Waals surface area contributed by atoms with E-state index in [0.29, 0.717) is 0 Å². The van der Waals surface area contributed by atoms with Crippen LogP contribution in [0.4, 0.5) is 11.4 Å². The van der Waals surface area contributed by atoms with Gasteiger partial charge in [0.1, 0.15) is 14.1 Å². The van der Waals surface area contributed by atoms with Gasteiger partial charge in [0.05, 0.1) is 0 Å². The molecule has 0 unspecified atom stereocenters. The molecule has 3 heteroatoms. The van der Waals surface area contributed by atoms with Crippen LogP contribution in [0.15, 0.2) is 78.4 Å². The highest BCUT2D eigenvalue weighted by Gasteiger charge is 2.24. The molecule has 44 heavy (non-hydrogen) atoms. The van der Waals surface area contributed by atoms with Crippen LogP contribution in [0.2, 0.25) is 0 Å². The second-order valence-corrected chi connectivity index (χ2v) is 17.9. The molecule has 3 nitrogen and oxygen atoms in total. The Morgan fingerprint density at radius 3 is 1.02 bits per heavy atom. The topological polar surface area (TPSA) is 9.49 Å². The lowest BCUT2D eigenvalue weighted by Gasteiger charge is -2.36. The zero-order valence-corrected chi connectivity index (χ0v) is 30.6. The van der Waals surface area contributed by atoms with Crippen molar-refractivity contribution in [3.63, 3.8) is 0 Å². The van der Waals surface area contributed by atoms with Crippen LogP contribution in [0.1, 0.15) is 94.2 Å². The first-order valence-electron chi connectivity index (χ1n) is 16.5. The molecule has 1 aliphatic rings. The maximum absolute atomic E-state index is 2.56. The average molecular weight is 597 g/mol. The number of benzene rings is 2. The molecule has 0 spiro atoms. The first-order valence-corrected chi connectivity index (χ1v) is 16.5. The molecular formula is C41H62N3+. The molecule has 0 radical (unpaired) electrons. The standard InChI is InChI=1S/C41H62N3/c1-38(2,3)27-43(28-39(4,5)6)35-23-17-32(18-24-35)37(31-15-21-34(22-16-31)42(13)14)33-19-25-36(26-20-33)44(29-40(7,8)9)30-41(10,11)12/h15-26H,27-30H2,1-14H3/q+1. The van der Waals surface area contributed by atoms with Crippen LogP contribution in [0.5, 0.6) is 0 Å². The predicted molar refractivity (Wildman–Crippen MR) is 197 cm³/mol. The van der Waals surface area contributed by atoms with E-state index >= 15 is 0 Å². The molecule has 0 bridgehead atoms. The minimum absolute atomic E-state index is 0.213. The van der Waals surface area contributed by atoms with Gasteiger partial charge in [-0.15, -0.1) is 0 Å². The van der Waals surface area contributed by atoms with Crippen LogP contribution in [0.3, 0.4) is 0 Å². The quantitative estimate of drug-likeness (QED) is 0.281. The lowest BCUT2D eigenvalue weighted by Crippen LogP contribution is -2.38. The van der Waals surface area contributed by atoms with E-state index < -0.39 is 0 Å².